The van der Waals surface area contributed by atoms with E-state index in [1.165, 1.54) is 0 Å². The Labute approximate surface area is 112 Å². The molecule has 0 saturated carbocycles. The molecule has 1 aliphatic heterocycles. The number of carbonyl (C=O) groups is 1. The lowest BCUT2D eigenvalue weighted by molar-refractivity contribution is -0.138. The summed E-state index contributed by atoms with van der Waals surface area (Å²) in [5, 5.41) is 4.14. The maximum Gasteiger partial charge on any atom is 0.339 e. The molecule has 0 atom stereocenters. The highest BCUT2D eigenvalue weighted by Crippen LogP contribution is 2.29. The van der Waals surface area contributed by atoms with Crippen LogP contribution in [0.5, 0.6) is 0 Å². The van der Waals surface area contributed by atoms with E-state index in [1.807, 2.05) is 25.2 Å². The van der Waals surface area contributed by atoms with Crippen molar-refractivity contribution in [1.82, 2.24) is 14.7 Å². The van der Waals surface area contributed by atoms with Crippen molar-refractivity contribution in [2.45, 2.75) is 6.92 Å². The van der Waals surface area contributed by atoms with Crippen molar-refractivity contribution in [1.29, 1.82) is 0 Å². The summed E-state index contributed by atoms with van der Waals surface area (Å²) in [5.41, 5.74) is 3.13. The quantitative estimate of drug-likeness (QED) is 0.775. The normalized spacial score (nSPS) is 15.1. The second kappa shape index (κ2) is 5.14. The highest BCUT2D eigenvalue weighted by atomic mass is 16.5. The Morgan fingerprint density at radius 3 is 2.79 bits per heavy atom. The lowest BCUT2D eigenvalue weighted by Crippen LogP contribution is -2.19. The number of carbonyl (C=O) groups excluding carboxylic acids is 1. The first kappa shape index (κ1) is 13.1. The first-order valence-electron chi connectivity index (χ1n) is 6.04. The maximum atomic E-state index is 11.8. The molecule has 0 radical (unpaired) electrons. The number of aryl methyl sites for hydroxylation is 1. The molecule has 0 N–H and O–H groups in total. The molecule has 0 unspecified atom stereocenters. The summed E-state index contributed by atoms with van der Waals surface area (Å²) >= 11 is 0. The minimum atomic E-state index is -0.330. The van der Waals surface area contributed by atoms with Gasteiger partial charge in [-0.25, -0.2) is 4.79 Å². The number of allylic oxidation sites excluding steroid dienone is 1. The lowest BCUT2D eigenvalue weighted by atomic mass is 10.0. The van der Waals surface area contributed by atoms with Crippen molar-refractivity contribution in [2.24, 2.45) is 7.05 Å². The van der Waals surface area contributed by atoms with E-state index in [9.17, 15) is 4.79 Å². The fourth-order valence-corrected chi connectivity index (χ4v) is 1.89. The number of esters is 1. The van der Waals surface area contributed by atoms with Gasteiger partial charge < -0.3 is 9.64 Å². The molecular weight excluding hydrogens is 242 g/mol. The van der Waals surface area contributed by atoms with Crippen LogP contribution in [0, 0.1) is 0 Å². The molecular formula is C14H17N3O2. The average Bonchev–Trinajstić information content (AvgIpc) is 2.79. The van der Waals surface area contributed by atoms with E-state index >= 15 is 0 Å². The highest BCUT2D eigenvalue weighted by molar-refractivity contribution is 5.97. The zero-order valence-electron chi connectivity index (χ0n) is 11.4. The zero-order valence-corrected chi connectivity index (χ0v) is 11.4. The SMILES string of the molecule is C=C1C(c2cnn(C)c2)=CC(C(=O)OCC)=CN1C. The summed E-state index contributed by atoms with van der Waals surface area (Å²) in [6.07, 6.45) is 7.15. The average molecular weight is 259 g/mol. The molecule has 2 heterocycles. The van der Waals surface area contributed by atoms with Gasteiger partial charge in [0.15, 0.2) is 0 Å². The van der Waals surface area contributed by atoms with Gasteiger partial charge in [-0.3, -0.25) is 4.68 Å². The van der Waals surface area contributed by atoms with Gasteiger partial charge in [-0.05, 0) is 13.0 Å². The van der Waals surface area contributed by atoms with Crippen LogP contribution in [0.1, 0.15) is 12.5 Å². The highest BCUT2D eigenvalue weighted by Gasteiger charge is 2.20. The van der Waals surface area contributed by atoms with Gasteiger partial charge in [0, 0.05) is 43.3 Å². The van der Waals surface area contributed by atoms with E-state index < -0.39 is 0 Å². The molecule has 1 aromatic heterocycles. The first-order valence-corrected chi connectivity index (χ1v) is 6.04. The van der Waals surface area contributed by atoms with Gasteiger partial charge in [0.05, 0.1) is 18.4 Å². The van der Waals surface area contributed by atoms with Gasteiger partial charge in [-0.15, -0.1) is 0 Å². The van der Waals surface area contributed by atoms with Gasteiger partial charge in [0.1, 0.15) is 0 Å². The van der Waals surface area contributed by atoms with Crippen molar-refractivity contribution in [3.8, 4) is 0 Å². The van der Waals surface area contributed by atoms with Crippen LogP contribution in [0.25, 0.3) is 5.57 Å². The summed E-state index contributed by atoms with van der Waals surface area (Å²) in [7, 11) is 3.70. The van der Waals surface area contributed by atoms with Crippen molar-refractivity contribution in [3.05, 3.63) is 48.1 Å². The van der Waals surface area contributed by atoms with Crippen LogP contribution >= 0.6 is 0 Å². The molecule has 100 valence electrons. The van der Waals surface area contributed by atoms with Gasteiger partial charge in [0.25, 0.3) is 0 Å². The van der Waals surface area contributed by atoms with Gasteiger partial charge >= 0.3 is 5.97 Å². The van der Waals surface area contributed by atoms with E-state index in [0.29, 0.717) is 12.2 Å². The number of hydrogen-bond acceptors (Lipinski definition) is 4. The van der Waals surface area contributed by atoms with Gasteiger partial charge in [-0.2, -0.15) is 5.10 Å². The Kier molecular flexibility index (Phi) is 3.55. The Morgan fingerprint density at radius 2 is 2.21 bits per heavy atom. The Morgan fingerprint density at radius 1 is 1.47 bits per heavy atom. The monoisotopic (exact) mass is 259 g/mol. The van der Waals surface area contributed by atoms with Crippen LogP contribution in [-0.4, -0.2) is 34.3 Å². The Hall–Kier alpha value is -2.30. The largest absolute Gasteiger partial charge is 0.462 e. The van der Waals surface area contributed by atoms with Crippen molar-refractivity contribution in [2.75, 3.05) is 13.7 Å². The maximum absolute atomic E-state index is 11.8. The van der Waals surface area contributed by atoms with Crippen molar-refractivity contribution < 1.29 is 9.53 Å². The van der Waals surface area contributed by atoms with Crippen molar-refractivity contribution in [3.63, 3.8) is 0 Å². The summed E-state index contributed by atoms with van der Waals surface area (Å²) in [6.45, 7) is 6.17. The van der Waals surface area contributed by atoms with Crippen LogP contribution < -0.4 is 0 Å². The number of hydrogen-bond donors (Lipinski definition) is 0. The minimum absolute atomic E-state index is 0.330. The van der Waals surface area contributed by atoms with Gasteiger partial charge in [-0.1, -0.05) is 6.58 Å². The second-order valence-electron chi connectivity index (χ2n) is 4.32. The lowest BCUT2D eigenvalue weighted by Gasteiger charge is -2.24. The fourth-order valence-electron chi connectivity index (χ4n) is 1.89. The molecule has 5 heteroatoms. The third kappa shape index (κ3) is 2.59. The van der Waals surface area contributed by atoms with E-state index in [-0.39, 0.29) is 5.97 Å². The molecule has 0 saturated heterocycles. The molecule has 1 aliphatic rings. The zero-order chi connectivity index (χ0) is 14.0. The van der Waals surface area contributed by atoms with Crippen LogP contribution in [0.2, 0.25) is 0 Å². The van der Waals surface area contributed by atoms with Crippen LogP contribution in [0.4, 0.5) is 0 Å². The van der Waals surface area contributed by atoms with Crippen LogP contribution in [0.15, 0.2) is 42.5 Å². The molecule has 0 fully saturated rings. The molecule has 0 aliphatic carbocycles. The number of likely N-dealkylation sites (N-methyl/N-ethyl adjacent to an activating group) is 1. The molecule has 1 aromatic rings. The minimum Gasteiger partial charge on any atom is -0.462 e. The van der Waals surface area contributed by atoms with Crippen LogP contribution in [0.3, 0.4) is 0 Å². The third-order valence-electron chi connectivity index (χ3n) is 2.90. The number of ether oxygens (including phenoxy) is 1. The summed E-state index contributed by atoms with van der Waals surface area (Å²) in [6, 6.07) is 0. The van der Waals surface area contributed by atoms with E-state index in [1.54, 1.807) is 30.1 Å². The van der Waals surface area contributed by atoms with E-state index in [4.69, 9.17) is 4.74 Å². The Balaban J connectivity index is 2.38. The molecule has 5 nitrogen and oxygen atoms in total. The Bertz CT molecular complexity index is 581. The molecule has 19 heavy (non-hydrogen) atoms. The smallest absolute Gasteiger partial charge is 0.339 e. The molecule has 0 aromatic carbocycles. The summed E-state index contributed by atoms with van der Waals surface area (Å²) in [4.78, 5) is 13.6. The fraction of sp³-hybridized carbons (Fsp3) is 0.286. The predicted octanol–water partition coefficient (Wildman–Crippen LogP) is 1.71. The standard InChI is InChI=1S/C14H17N3O2/c1-5-19-14(18)11-6-13(10(2)16(3)8-11)12-7-15-17(4)9-12/h6-9H,2,5H2,1,3-4H3. The summed E-state index contributed by atoms with van der Waals surface area (Å²) in [5.74, 6) is -0.330. The van der Waals surface area contributed by atoms with Crippen LogP contribution in [-0.2, 0) is 16.6 Å². The van der Waals surface area contributed by atoms with Crippen molar-refractivity contribution >= 4 is 11.5 Å². The number of nitrogens with zero attached hydrogens (tertiary/aromatic N) is 3. The van der Waals surface area contributed by atoms with Gasteiger partial charge in [0.2, 0.25) is 0 Å². The first-order chi connectivity index (χ1) is 9.02. The molecule has 0 bridgehead atoms. The molecule has 0 amide bonds. The molecule has 2 rings (SSSR count). The summed E-state index contributed by atoms with van der Waals surface area (Å²) < 4.78 is 6.74. The second-order valence-corrected chi connectivity index (χ2v) is 4.32. The number of aromatic nitrogens is 2. The topological polar surface area (TPSA) is 47.4 Å². The van der Waals surface area contributed by atoms with E-state index in [0.717, 1.165) is 16.8 Å². The molecule has 0 spiro atoms. The predicted molar refractivity (Wildman–Crippen MR) is 72.8 cm³/mol. The van der Waals surface area contributed by atoms with E-state index in [2.05, 4.69) is 11.7 Å². The third-order valence-corrected chi connectivity index (χ3v) is 2.90. The number of rotatable bonds is 3.